The molecule has 0 radical (unpaired) electrons. The molecule has 1 aromatic carbocycles. The highest BCUT2D eigenvalue weighted by atomic mass is 32.1. The molecule has 0 bridgehead atoms. The summed E-state index contributed by atoms with van der Waals surface area (Å²) in [5.41, 5.74) is 2.05. The molecule has 4 nitrogen and oxygen atoms in total. The molecule has 0 atom stereocenters. The van der Waals surface area contributed by atoms with Crippen LogP contribution >= 0.6 is 11.3 Å². The van der Waals surface area contributed by atoms with Gasteiger partial charge in [-0.1, -0.05) is 30.3 Å². The molecule has 22 heavy (non-hydrogen) atoms. The number of fused-ring (bicyclic) bond motifs is 1. The Bertz CT molecular complexity index is 837. The summed E-state index contributed by atoms with van der Waals surface area (Å²) in [7, 11) is 0. The molecule has 0 fully saturated rings. The molecule has 3 aromatic rings. The van der Waals surface area contributed by atoms with Gasteiger partial charge in [0.1, 0.15) is 4.83 Å². The van der Waals surface area contributed by atoms with E-state index in [4.69, 9.17) is 5.11 Å². The first kappa shape index (κ1) is 14.9. The Labute approximate surface area is 132 Å². The average molecular weight is 314 g/mol. The number of thiophene rings is 1. The highest BCUT2D eigenvalue weighted by Gasteiger charge is 2.16. The van der Waals surface area contributed by atoms with Crippen molar-refractivity contribution in [3.8, 4) is 11.1 Å². The molecular formula is C17H18N2O2S. The molecule has 2 heterocycles. The molecular weight excluding hydrogens is 296 g/mol. The first-order valence-electron chi connectivity index (χ1n) is 7.37. The van der Waals surface area contributed by atoms with Gasteiger partial charge in [0.15, 0.2) is 0 Å². The summed E-state index contributed by atoms with van der Waals surface area (Å²) in [4.78, 5) is 19.1. The van der Waals surface area contributed by atoms with Gasteiger partial charge in [-0.3, -0.25) is 9.36 Å². The van der Waals surface area contributed by atoms with Gasteiger partial charge in [-0.15, -0.1) is 11.3 Å². The highest BCUT2D eigenvalue weighted by molar-refractivity contribution is 7.19. The van der Waals surface area contributed by atoms with Crippen LogP contribution in [0.25, 0.3) is 21.3 Å². The van der Waals surface area contributed by atoms with Crippen molar-refractivity contribution in [3.05, 3.63) is 51.9 Å². The Hall–Kier alpha value is -1.98. The maximum absolute atomic E-state index is 12.8. The zero-order valence-corrected chi connectivity index (χ0v) is 13.3. The lowest BCUT2D eigenvalue weighted by molar-refractivity contribution is 0.281. The monoisotopic (exact) mass is 314 g/mol. The smallest absolute Gasteiger partial charge is 0.262 e. The molecule has 0 aliphatic rings. The van der Waals surface area contributed by atoms with E-state index < -0.39 is 0 Å². The van der Waals surface area contributed by atoms with E-state index in [2.05, 4.69) is 4.98 Å². The van der Waals surface area contributed by atoms with Crippen LogP contribution in [0.1, 0.15) is 17.7 Å². The number of unbranched alkanes of at least 4 members (excludes halogenated alkanes) is 1. The third kappa shape index (κ3) is 2.69. The highest BCUT2D eigenvalue weighted by Crippen LogP contribution is 2.35. The lowest BCUT2D eigenvalue weighted by Crippen LogP contribution is -2.20. The van der Waals surface area contributed by atoms with Crippen molar-refractivity contribution in [1.29, 1.82) is 0 Å². The van der Waals surface area contributed by atoms with E-state index in [1.54, 1.807) is 22.2 Å². The lowest BCUT2D eigenvalue weighted by Gasteiger charge is -2.06. The quantitative estimate of drug-likeness (QED) is 0.736. The number of hydrogen-bond acceptors (Lipinski definition) is 4. The first-order valence-corrected chi connectivity index (χ1v) is 8.19. The Balaban J connectivity index is 2.14. The van der Waals surface area contributed by atoms with Gasteiger partial charge < -0.3 is 5.11 Å². The van der Waals surface area contributed by atoms with Crippen molar-refractivity contribution >= 4 is 21.6 Å². The third-order valence-corrected chi connectivity index (χ3v) is 4.74. The van der Waals surface area contributed by atoms with E-state index >= 15 is 0 Å². The molecule has 0 saturated heterocycles. The summed E-state index contributed by atoms with van der Waals surface area (Å²) in [6.45, 7) is 2.77. The van der Waals surface area contributed by atoms with Crippen LogP contribution in [0.4, 0.5) is 0 Å². The number of hydrogen-bond donors (Lipinski definition) is 1. The summed E-state index contributed by atoms with van der Waals surface area (Å²) in [5, 5.41) is 9.59. The van der Waals surface area contributed by atoms with Gasteiger partial charge in [0, 0.05) is 23.6 Å². The first-order chi connectivity index (χ1) is 10.7. The normalized spacial score (nSPS) is 11.2. The number of rotatable bonds is 5. The largest absolute Gasteiger partial charge is 0.396 e. The van der Waals surface area contributed by atoms with Gasteiger partial charge in [-0.25, -0.2) is 4.98 Å². The van der Waals surface area contributed by atoms with Crippen LogP contribution in [0.15, 0.2) is 41.5 Å². The predicted molar refractivity (Wildman–Crippen MR) is 90.4 cm³/mol. The average Bonchev–Trinajstić information content (AvgIpc) is 2.87. The summed E-state index contributed by atoms with van der Waals surface area (Å²) in [6.07, 6.45) is 3.08. The molecule has 0 amide bonds. The van der Waals surface area contributed by atoms with Crippen molar-refractivity contribution in [2.24, 2.45) is 0 Å². The molecule has 3 rings (SSSR count). The molecule has 0 spiro atoms. The molecule has 0 aliphatic carbocycles. The second kappa shape index (κ2) is 6.42. The summed E-state index contributed by atoms with van der Waals surface area (Å²) in [6, 6.07) is 9.98. The number of aryl methyl sites for hydroxylation is 2. The topological polar surface area (TPSA) is 55.1 Å². The van der Waals surface area contributed by atoms with Crippen LogP contribution in [0.2, 0.25) is 0 Å². The summed E-state index contributed by atoms with van der Waals surface area (Å²) in [5.74, 6) is 0. The second-order valence-corrected chi connectivity index (χ2v) is 6.46. The van der Waals surface area contributed by atoms with Gasteiger partial charge in [0.2, 0.25) is 0 Å². The third-order valence-electron chi connectivity index (χ3n) is 3.72. The number of benzene rings is 1. The SMILES string of the molecule is Cc1sc2ncn(CCCCO)c(=O)c2c1-c1ccccc1. The summed E-state index contributed by atoms with van der Waals surface area (Å²) < 4.78 is 1.65. The second-order valence-electron chi connectivity index (χ2n) is 5.25. The molecule has 0 saturated carbocycles. The van der Waals surface area contributed by atoms with E-state index in [1.807, 2.05) is 37.3 Å². The maximum Gasteiger partial charge on any atom is 0.262 e. The van der Waals surface area contributed by atoms with Gasteiger partial charge in [0.25, 0.3) is 5.56 Å². The molecule has 0 unspecified atom stereocenters. The molecule has 5 heteroatoms. The zero-order chi connectivity index (χ0) is 15.5. The minimum Gasteiger partial charge on any atom is -0.396 e. The van der Waals surface area contributed by atoms with E-state index in [0.29, 0.717) is 18.4 Å². The maximum atomic E-state index is 12.8. The Morgan fingerprint density at radius 3 is 2.73 bits per heavy atom. The van der Waals surface area contributed by atoms with E-state index in [0.717, 1.165) is 27.3 Å². The van der Waals surface area contributed by atoms with E-state index in [9.17, 15) is 4.79 Å². The molecule has 0 aliphatic heterocycles. The van der Waals surface area contributed by atoms with E-state index in [1.165, 1.54) is 0 Å². The van der Waals surface area contributed by atoms with Crippen LogP contribution in [0, 0.1) is 6.92 Å². The minimum atomic E-state index is 0.00569. The van der Waals surface area contributed by atoms with Gasteiger partial charge in [-0.2, -0.15) is 0 Å². The number of aliphatic hydroxyl groups is 1. The van der Waals surface area contributed by atoms with Gasteiger partial charge in [0.05, 0.1) is 11.7 Å². The Morgan fingerprint density at radius 1 is 1.23 bits per heavy atom. The number of aromatic nitrogens is 2. The van der Waals surface area contributed by atoms with Crippen LogP contribution in [-0.4, -0.2) is 21.3 Å². The Kier molecular flexibility index (Phi) is 4.36. The number of aliphatic hydroxyl groups excluding tert-OH is 1. The molecule has 114 valence electrons. The minimum absolute atomic E-state index is 0.00569. The van der Waals surface area contributed by atoms with Crippen LogP contribution in [0.3, 0.4) is 0 Å². The predicted octanol–water partition coefficient (Wildman–Crippen LogP) is 3.21. The van der Waals surface area contributed by atoms with Crippen molar-refractivity contribution in [1.82, 2.24) is 9.55 Å². The van der Waals surface area contributed by atoms with Crippen molar-refractivity contribution < 1.29 is 5.11 Å². The van der Waals surface area contributed by atoms with Crippen molar-refractivity contribution in [2.45, 2.75) is 26.3 Å². The Morgan fingerprint density at radius 2 is 2.00 bits per heavy atom. The van der Waals surface area contributed by atoms with Crippen LogP contribution in [-0.2, 0) is 6.54 Å². The fourth-order valence-corrected chi connectivity index (χ4v) is 3.65. The van der Waals surface area contributed by atoms with E-state index in [-0.39, 0.29) is 12.2 Å². The van der Waals surface area contributed by atoms with Gasteiger partial charge in [-0.05, 0) is 25.3 Å². The van der Waals surface area contributed by atoms with Gasteiger partial charge >= 0.3 is 0 Å². The fourth-order valence-electron chi connectivity index (χ4n) is 2.64. The standard InChI is InChI=1S/C17H18N2O2S/c1-12-14(13-7-3-2-4-8-13)15-16(22-12)18-11-19(17(15)21)9-5-6-10-20/h2-4,7-8,11,20H,5-6,9-10H2,1H3. The molecule has 2 aromatic heterocycles. The fraction of sp³-hybridized carbons (Fsp3) is 0.294. The van der Waals surface area contributed by atoms with Crippen LogP contribution < -0.4 is 5.56 Å². The lowest BCUT2D eigenvalue weighted by atomic mass is 10.0. The summed E-state index contributed by atoms with van der Waals surface area (Å²) >= 11 is 1.56. The number of nitrogens with zero attached hydrogens (tertiary/aromatic N) is 2. The zero-order valence-electron chi connectivity index (χ0n) is 12.5. The van der Waals surface area contributed by atoms with Crippen LogP contribution in [0.5, 0.6) is 0 Å². The molecule has 1 N–H and O–H groups in total. The van der Waals surface area contributed by atoms with Crippen molar-refractivity contribution in [2.75, 3.05) is 6.61 Å². The van der Waals surface area contributed by atoms with Crippen molar-refractivity contribution in [3.63, 3.8) is 0 Å².